The lowest BCUT2D eigenvalue weighted by molar-refractivity contribution is -0.0878. The summed E-state index contributed by atoms with van der Waals surface area (Å²) in [6, 6.07) is 3.14. The average Bonchev–Trinajstić information content (AvgIpc) is 3.27. The number of phenolic OH excluding ortho intramolecular Hbond substituents is 1. The molecule has 0 spiro atoms. The van der Waals surface area contributed by atoms with Crippen molar-refractivity contribution < 1.29 is 27.8 Å². The molecule has 0 aliphatic carbocycles. The van der Waals surface area contributed by atoms with Gasteiger partial charge in [0.05, 0.1) is 24.4 Å². The van der Waals surface area contributed by atoms with Crippen LogP contribution in [-0.2, 0) is 0 Å². The molecular formula is C22H19F3N2O4S. The number of imidazole rings is 1. The number of phenols is 1. The van der Waals surface area contributed by atoms with Crippen LogP contribution in [0.5, 0.6) is 17.2 Å². The van der Waals surface area contributed by atoms with Gasteiger partial charge in [-0.25, -0.2) is 4.98 Å². The lowest BCUT2D eigenvalue weighted by Crippen LogP contribution is -2.22. The fourth-order valence-electron chi connectivity index (χ4n) is 2.76. The van der Waals surface area contributed by atoms with Gasteiger partial charge in [0.15, 0.2) is 16.5 Å². The molecule has 32 heavy (non-hydrogen) atoms. The van der Waals surface area contributed by atoms with Crippen molar-refractivity contribution in [2.24, 2.45) is 0 Å². The van der Waals surface area contributed by atoms with E-state index < -0.39 is 11.7 Å². The van der Waals surface area contributed by atoms with E-state index in [0.29, 0.717) is 26.3 Å². The summed E-state index contributed by atoms with van der Waals surface area (Å²) in [7, 11) is 2.81. The number of hydrogen-bond donors (Lipinski definition) is 1. The molecule has 0 aliphatic heterocycles. The quantitative estimate of drug-likeness (QED) is 0.556. The number of rotatable bonds is 6. The maximum Gasteiger partial charge on any atom is 0.415 e. The van der Waals surface area contributed by atoms with Crippen molar-refractivity contribution in [3.05, 3.63) is 74.9 Å². The highest BCUT2D eigenvalue weighted by molar-refractivity contribution is 7.15. The number of fused-ring (bicyclic) bond motifs is 1. The number of aromatic hydroxyl groups is 1. The third kappa shape index (κ3) is 4.70. The predicted octanol–water partition coefficient (Wildman–Crippen LogP) is 4.10. The standard InChI is InChI=1S/C22H19F3N2O4S/c1-12(6-5-7-13(2)22(23,24)25)15-11-27-20(29)18(32-21(27)26-15)10-14-8-16(30-3)19(28)17(9-14)31-4/h5-11,28H,2H2,1,3-4H3/b7-5-,12-6+,18-10-. The third-order valence-electron chi connectivity index (χ3n) is 4.52. The first kappa shape index (κ1) is 23.1. The predicted molar refractivity (Wildman–Crippen MR) is 117 cm³/mol. The molecule has 0 fully saturated rings. The van der Waals surface area contributed by atoms with E-state index in [4.69, 9.17) is 9.47 Å². The van der Waals surface area contributed by atoms with Crippen LogP contribution >= 0.6 is 11.3 Å². The zero-order valence-corrected chi connectivity index (χ0v) is 18.2. The monoisotopic (exact) mass is 464 g/mol. The second-order valence-corrected chi connectivity index (χ2v) is 7.71. The van der Waals surface area contributed by atoms with Gasteiger partial charge in [-0.05, 0) is 36.3 Å². The maximum absolute atomic E-state index is 12.8. The molecule has 0 saturated heterocycles. The Morgan fingerprint density at radius 1 is 1.25 bits per heavy atom. The van der Waals surface area contributed by atoms with E-state index >= 15 is 0 Å². The molecule has 2 aromatic heterocycles. The Morgan fingerprint density at radius 2 is 1.88 bits per heavy atom. The number of allylic oxidation sites excluding steroid dienone is 5. The molecule has 0 saturated carbocycles. The van der Waals surface area contributed by atoms with E-state index in [-0.39, 0.29) is 22.8 Å². The summed E-state index contributed by atoms with van der Waals surface area (Å²) in [5, 5.41) is 10.0. The van der Waals surface area contributed by atoms with Gasteiger partial charge in [-0.2, -0.15) is 13.2 Å². The van der Waals surface area contributed by atoms with Gasteiger partial charge in [0.2, 0.25) is 5.75 Å². The summed E-state index contributed by atoms with van der Waals surface area (Å²) in [5.41, 5.74) is 0.380. The van der Waals surface area contributed by atoms with E-state index in [2.05, 4.69) is 11.6 Å². The lowest BCUT2D eigenvalue weighted by Gasteiger charge is -2.09. The van der Waals surface area contributed by atoms with Gasteiger partial charge < -0.3 is 14.6 Å². The van der Waals surface area contributed by atoms with E-state index in [0.717, 1.165) is 17.4 Å². The SMILES string of the molecule is C=C(/C=C\C=C(/C)c1cn2c(=O)/c(=C/c3cc(OC)c(O)c(OC)c3)sc2n1)C(F)(F)F. The summed E-state index contributed by atoms with van der Waals surface area (Å²) < 4.78 is 49.5. The third-order valence-corrected chi connectivity index (χ3v) is 5.50. The van der Waals surface area contributed by atoms with E-state index in [1.807, 2.05) is 0 Å². The summed E-state index contributed by atoms with van der Waals surface area (Å²) in [6.07, 6.45) is 2.25. The van der Waals surface area contributed by atoms with Crippen LogP contribution in [0.15, 0.2) is 53.5 Å². The summed E-state index contributed by atoms with van der Waals surface area (Å²) >= 11 is 1.15. The molecule has 0 unspecified atom stereocenters. The van der Waals surface area contributed by atoms with Crippen molar-refractivity contribution in [2.45, 2.75) is 13.1 Å². The first-order chi connectivity index (χ1) is 15.0. The van der Waals surface area contributed by atoms with Gasteiger partial charge in [-0.1, -0.05) is 36.1 Å². The number of thiazole rings is 1. The fraction of sp³-hybridized carbons (Fsp3) is 0.182. The number of methoxy groups -OCH3 is 2. The first-order valence-corrected chi connectivity index (χ1v) is 9.97. The first-order valence-electron chi connectivity index (χ1n) is 9.15. The minimum atomic E-state index is -4.48. The summed E-state index contributed by atoms with van der Waals surface area (Å²) in [4.78, 5) is 17.6. The molecule has 168 valence electrons. The number of alkyl halides is 3. The Balaban J connectivity index is 1.95. The van der Waals surface area contributed by atoms with Crippen LogP contribution in [0.2, 0.25) is 0 Å². The van der Waals surface area contributed by atoms with Gasteiger partial charge in [0.25, 0.3) is 5.56 Å². The Kier molecular flexibility index (Phi) is 6.45. The van der Waals surface area contributed by atoms with Crippen molar-refractivity contribution in [1.82, 2.24) is 9.38 Å². The normalized spacial score (nSPS) is 13.3. The molecular weight excluding hydrogens is 445 g/mol. The van der Waals surface area contributed by atoms with Crippen LogP contribution in [0.1, 0.15) is 18.2 Å². The Hall–Kier alpha value is -3.53. The zero-order valence-electron chi connectivity index (χ0n) is 17.4. The van der Waals surface area contributed by atoms with Crippen molar-refractivity contribution >= 4 is 27.9 Å². The summed E-state index contributed by atoms with van der Waals surface area (Å²) in [6.45, 7) is 4.65. The fourth-order valence-corrected chi connectivity index (χ4v) is 3.71. The number of nitrogens with zero attached hydrogens (tertiary/aromatic N) is 2. The van der Waals surface area contributed by atoms with Gasteiger partial charge in [0.1, 0.15) is 0 Å². The van der Waals surface area contributed by atoms with Crippen molar-refractivity contribution in [2.75, 3.05) is 14.2 Å². The maximum atomic E-state index is 12.8. The Labute approximate surface area is 184 Å². The molecule has 3 rings (SSSR count). The van der Waals surface area contributed by atoms with Crippen LogP contribution < -0.4 is 19.6 Å². The molecule has 1 N–H and O–H groups in total. The molecule has 0 bridgehead atoms. The van der Waals surface area contributed by atoms with E-state index in [1.54, 1.807) is 25.1 Å². The highest BCUT2D eigenvalue weighted by Crippen LogP contribution is 2.37. The van der Waals surface area contributed by atoms with Gasteiger partial charge in [0, 0.05) is 11.8 Å². The zero-order chi connectivity index (χ0) is 23.6. The molecule has 0 radical (unpaired) electrons. The van der Waals surface area contributed by atoms with E-state index in [9.17, 15) is 23.1 Å². The molecule has 3 aromatic rings. The van der Waals surface area contributed by atoms with Crippen molar-refractivity contribution in [1.29, 1.82) is 0 Å². The van der Waals surface area contributed by atoms with Crippen LogP contribution in [0.3, 0.4) is 0 Å². The van der Waals surface area contributed by atoms with Crippen LogP contribution in [0.25, 0.3) is 16.6 Å². The second-order valence-electron chi connectivity index (χ2n) is 6.70. The minimum Gasteiger partial charge on any atom is -0.502 e. The topological polar surface area (TPSA) is 73.1 Å². The van der Waals surface area contributed by atoms with Crippen LogP contribution in [0, 0.1) is 0 Å². The summed E-state index contributed by atoms with van der Waals surface area (Å²) in [5.74, 6) is 0.262. The average molecular weight is 464 g/mol. The number of ether oxygens (including phenoxy) is 2. The number of aromatic nitrogens is 2. The van der Waals surface area contributed by atoms with Crippen molar-refractivity contribution in [3.8, 4) is 17.2 Å². The minimum absolute atomic E-state index is 0.143. The molecule has 6 nitrogen and oxygen atoms in total. The largest absolute Gasteiger partial charge is 0.502 e. The Morgan fingerprint density at radius 3 is 2.41 bits per heavy atom. The second kappa shape index (κ2) is 8.91. The number of halogens is 3. The van der Waals surface area contributed by atoms with Gasteiger partial charge in [-0.15, -0.1) is 0 Å². The van der Waals surface area contributed by atoms with Crippen molar-refractivity contribution in [3.63, 3.8) is 0 Å². The Bertz CT molecular complexity index is 1320. The molecule has 0 atom stereocenters. The van der Waals surface area contributed by atoms with E-state index in [1.165, 1.54) is 37.0 Å². The number of benzene rings is 1. The molecule has 10 heteroatoms. The van der Waals surface area contributed by atoms with Gasteiger partial charge in [-0.3, -0.25) is 9.20 Å². The molecule has 2 heterocycles. The van der Waals surface area contributed by atoms with Crippen LogP contribution in [-0.4, -0.2) is 34.9 Å². The molecule has 0 aliphatic rings. The highest BCUT2D eigenvalue weighted by Gasteiger charge is 2.29. The lowest BCUT2D eigenvalue weighted by atomic mass is 10.1. The van der Waals surface area contributed by atoms with Crippen LogP contribution in [0.4, 0.5) is 13.2 Å². The molecule has 1 aromatic carbocycles. The smallest absolute Gasteiger partial charge is 0.415 e. The number of hydrogen-bond acceptors (Lipinski definition) is 6. The molecule has 0 amide bonds. The highest BCUT2D eigenvalue weighted by atomic mass is 32.1. The van der Waals surface area contributed by atoms with Gasteiger partial charge >= 0.3 is 6.18 Å².